The van der Waals surface area contributed by atoms with Gasteiger partial charge in [0.2, 0.25) is 0 Å². The molecule has 0 rings (SSSR count). The molecule has 0 aliphatic carbocycles. The Hall–Kier alpha value is -0.720. The van der Waals surface area contributed by atoms with Crippen LogP contribution in [0.25, 0.3) is 0 Å². The third kappa shape index (κ3) is 4.87. The summed E-state index contributed by atoms with van der Waals surface area (Å²) in [5.74, 6) is -0.470. The highest BCUT2D eigenvalue weighted by Crippen LogP contribution is 2.21. The molecule has 0 atom stereocenters. The summed E-state index contributed by atoms with van der Waals surface area (Å²) in [6.07, 6.45) is 0. The summed E-state index contributed by atoms with van der Waals surface area (Å²) < 4.78 is 31.3. The molecule has 1 N–H and O–H groups in total. The van der Waals surface area contributed by atoms with Crippen LogP contribution in [0.15, 0.2) is 12.2 Å². The molecule has 0 unspecified atom stereocenters. The van der Waals surface area contributed by atoms with Crippen molar-refractivity contribution in [3.05, 3.63) is 12.2 Å². The summed E-state index contributed by atoms with van der Waals surface area (Å²) in [6.45, 7) is 7.95. The van der Waals surface area contributed by atoms with Crippen LogP contribution in [0.5, 0.6) is 0 Å². The van der Waals surface area contributed by atoms with Gasteiger partial charge in [0.1, 0.15) is 6.61 Å². The van der Waals surface area contributed by atoms with Gasteiger partial charge in [0, 0.05) is 17.1 Å². The van der Waals surface area contributed by atoms with Crippen LogP contribution in [0.3, 0.4) is 0 Å². The van der Waals surface area contributed by atoms with Crippen LogP contribution in [0.1, 0.15) is 20.8 Å². The van der Waals surface area contributed by atoms with Crippen molar-refractivity contribution in [2.75, 3.05) is 24.7 Å². The van der Waals surface area contributed by atoms with E-state index in [9.17, 15) is 13.6 Å². The monoisotopic (exact) mass is 252 g/mol. The van der Waals surface area contributed by atoms with Gasteiger partial charge in [-0.15, -0.1) is 0 Å². The molecular formula is C10H20O5S. The summed E-state index contributed by atoms with van der Waals surface area (Å²) in [5.41, 5.74) is 0.285. The molecule has 0 aliphatic rings. The molecule has 0 radical (unpaired) electrons. The molecule has 0 saturated heterocycles. The molecule has 0 spiro atoms. The largest absolute Gasteiger partial charge is 0.460 e. The molecule has 0 amide bonds. The van der Waals surface area contributed by atoms with Crippen LogP contribution in [-0.2, 0) is 23.3 Å². The Morgan fingerprint density at radius 3 is 2.19 bits per heavy atom. The Balaban J connectivity index is 4.05. The minimum atomic E-state index is -3.98. The number of esters is 1. The summed E-state index contributed by atoms with van der Waals surface area (Å²) in [7, 11) is -3.98. The van der Waals surface area contributed by atoms with Crippen LogP contribution in [0.2, 0.25) is 0 Å². The lowest BCUT2D eigenvalue weighted by Crippen LogP contribution is -2.41. The maximum absolute atomic E-state index is 11.9. The van der Waals surface area contributed by atoms with E-state index in [2.05, 4.69) is 6.58 Å². The molecule has 0 aliphatic heterocycles. The zero-order valence-corrected chi connectivity index (χ0v) is 10.8. The van der Waals surface area contributed by atoms with Gasteiger partial charge in [-0.25, -0.2) is 9.00 Å². The van der Waals surface area contributed by atoms with Crippen LogP contribution >= 0.6 is 0 Å². The molecule has 0 heterocycles. The molecule has 16 heavy (non-hydrogen) atoms. The molecule has 0 aromatic rings. The molecule has 0 bridgehead atoms. The predicted octanol–water partition coefficient (Wildman–Crippen LogP) is 1.37. The zero-order chi connectivity index (χ0) is 12.8. The number of carbonyl (C=O) groups is 1. The van der Waals surface area contributed by atoms with Crippen molar-refractivity contribution < 1.29 is 22.5 Å². The second kappa shape index (κ2) is 5.56. The topological polar surface area (TPSA) is 72.8 Å². The Labute approximate surface area is 96.2 Å². The normalized spacial score (nSPS) is 13.9. The van der Waals surface area contributed by atoms with Gasteiger partial charge in [-0.2, -0.15) is 0 Å². The van der Waals surface area contributed by atoms with Gasteiger partial charge >= 0.3 is 5.97 Å². The summed E-state index contributed by atoms with van der Waals surface area (Å²) in [4.78, 5) is 11.0. The standard InChI is InChI=1S/C10H20O5S/c1-5-16(12,13,6-2)15-8-7-14-10(11)9(3)4/h3,5-8H2,1-2,4H3,(H,12,13). The van der Waals surface area contributed by atoms with Gasteiger partial charge in [0.25, 0.3) is 0 Å². The zero-order valence-electron chi connectivity index (χ0n) is 10.0. The van der Waals surface area contributed by atoms with E-state index in [0.29, 0.717) is 0 Å². The van der Waals surface area contributed by atoms with E-state index in [1.54, 1.807) is 13.8 Å². The Morgan fingerprint density at radius 2 is 1.81 bits per heavy atom. The number of ether oxygens (including phenoxy) is 1. The van der Waals surface area contributed by atoms with Crippen molar-refractivity contribution in [2.45, 2.75) is 20.8 Å². The number of carbonyl (C=O) groups excluding carboxylic acids is 1. The predicted molar refractivity (Wildman–Crippen MR) is 63.6 cm³/mol. The molecule has 0 saturated carbocycles. The molecule has 5 nitrogen and oxygen atoms in total. The summed E-state index contributed by atoms with van der Waals surface area (Å²) in [5, 5.41) is 0. The van der Waals surface area contributed by atoms with E-state index in [1.165, 1.54) is 6.92 Å². The lowest BCUT2D eigenvalue weighted by molar-refractivity contribution is -0.139. The van der Waals surface area contributed by atoms with E-state index in [0.717, 1.165) is 0 Å². The van der Waals surface area contributed by atoms with E-state index in [4.69, 9.17) is 8.92 Å². The van der Waals surface area contributed by atoms with Gasteiger partial charge in [0.15, 0.2) is 0 Å². The molecule has 96 valence electrons. The van der Waals surface area contributed by atoms with Crippen molar-refractivity contribution in [3.63, 3.8) is 0 Å². The first-order valence-corrected chi connectivity index (χ1v) is 7.28. The molecule has 0 aromatic carbocycles. The fraction of sp³-hybridized carbons (Fsp3) is 0.700. The van der Waals surface area contributed by atoms with Gasteiger partial charge in [-0.3, -0.25) is 4.18 Å². The van der Waals surface area contributed by atoms with E-state index < -0.39 is 15.6 Å². The van der Waals surface area contributed by atoms with Crippen molar-refractivity contribution in [1.82, 2.24) is 0 Å². The van der Waals surface area contributed by atoms with Crippen LogP contribution < -0.4 is 0 Å². The number of hydrogen-bond acceptors (Lipinski definition) is 4. The highest BCUT2D eigenvalue weighted by Gasteiger charge is 2.29. The summed E-state index contributed by atoms with van der Waals surface area (Å²) >= 11 is 0. The highest BCUT2D eigenvalue weighted by molar-refractivity contribution is 8.10. The second-order valence-corrected chi connectivity index (χ2v) is 7.16. The van der Waals surface area contributed by atoms with Gasteiger partial charge in [-0.05, 0) is 6.92 Å². The van der Waals surface area contributed by atoms with Crippen molar-refractivity contribution >= 4 is 15.6 Å². The smallest absolute Gasteiger partial charge is 0.333 e. The van der Waals surface area contributed by atoms with Crippen molar-refractivity contribution in [1.29, 1.82) is 0 Å². The minimum absolute atomic E-state index is 0.0299. The fourth-order valence-corrected chi connectivity index (χ4v) is 2.04. The molecular weight excluding hydrogens is 232 g/mol. The third-order valence-electron chi connectivity index (χ3n) is 2.15. The van der Waals surface area contributed by atoms with Gasteiger partial charge in [-0.1, -0.05) is 20.4 Å². The van der Waals surface area contributed by atoms with Crippen LogP contribution in [0, 0.1) is 0 Å². The van der Waals surface area contributed by atoms with Gasteiger partial charge < -0.3 is 9.29 Å². The van der Waals surface area contributed by atoms with Crippen molar-refractivity contribution in [2.24, 2.45) is 0 Å². The summed E-state index contributed by atoms with van der Waals surface area (Å²) in [6, 6.07) is 0. The Bertz CT molecular complexity index is 326. The molecule has 0 aromatic heterocycles. The van der Waals surface area contributed by atoms with E-state index in [1.807, 2.05) is 0 Å². The SMILES string of the molecule is C=C(C)C(=O)OCCOS(=O)(O)(CC)CC. The average Bonchev–Trinajstić information content (AvgIpc) is 2.24. The van der Waals surface area contributed by atoms with Crippen LogP contribution in [0.4, 0.5) is 0 Å². The molecule has 0 fully saturated rings. The quantitative estimate of drug-likeness (QED) is 0.421. The number of hydrogen-bond donors (Lipinski definition) is 1. The van der Waals surface area contributed by atoms with E-state index in [-0.39, 0.29) is 30.3 Å². The Morgan fingerprint density at radius 1 is 1.31 bits per heavy atom. The lowest BCUT2D eigenvalue weighted by Gasteiger charge is -2.34. The highest BCUT2D eigenvalue weighted by atomic mass is 32.3. The average molecular weight is 252 g/mol. The van der Waals surface area contributed by atoms with Gasteiger partial charge in [0.05, 0.1) is 16.2 Å². The fourth-order valence-electron chi connectivity index (χ4n) is 0.852. The van der Waals surface area contributed by atoms with E-state index >= 15 is 0 Å². The third-order valence-corrected chi connectivity index (χ3v) is 5.13. The minimum Gasteiger partial charge on any atom is -0.460 e. The first kappa shape index (κ1) is 15.3. The lowest BCUT2D eigenvalue weighted by atomic mass is 10.4. The maximum atomic E-state index is 11.9. The number of rotatable bonds is 7. The van der Waals surface area contributed by atoms with Crippen molar-refractivity contribution in [3.8, 4) is 0 Å². The Kier molecular flexibility index (Phi) is 5.31. The van der Waals surface area contributed by atoms with Crippen LogP contribution in [-0.4, -0.2) is 39.5 Å². The maximum Gasteiger partial charge on any atom is 0.333 e. The first-order chi connectivity index (χ1) is 7.23. The second-order valence-electron chi connectivity index (χ2n) is 3.47. The first-order valence-electron chi connectivity index (χ1n) is 5.10. The molecule has 6 heteroatoms.